The Morgan fingerprint density at radius 3 is 2.76 bits per heavy atom. The van der Waals surface area contributed by atoms with Gasteiger partial charge in [-0.25, -0.2) is 14.4 Å². The number of carbonyl (C=O) groups excluding carboxylic acids is 1. The molecule has 6 heteroatoms. The number of fused-ring (bicyclic) bond motifs is 1. The molecular formula is C15H9ClFN3O. The zero-order valence-corrected chi connectivity index (χ0v) is 11.4. The molecule has 0 aliphatic heterocycles. The third-order valence-corrected chi connectivity index (χ3v) is 3.09. The third kappa shape index (κ3) is 2.83. The van der Waals surface area contributed by atoms with Gasteiger partial charge in [0.1, 0.15) is 16.8 Å². The van der Waals surface area contributed by atoms with Gasteiger partial charge in [-0.3, -0.25) is 4.79 Å². The molecule has 4 nitrogen and oxygen atoms in total. The summed E-state index contributed by atoms with van der Waals surface area (Å²) in [6, 6.07) is 11.3. The molecule has 0 saturated carbocycles. The van der Waals surface area contributed by atoms with Crippen LogP contribution in [0.4, 0.5) is 10.2 Å². The van der Waals surface area contributed by atoms with Crippen LogP contribution in [0.3, 0.4) is 0 Å². The summed E-state index contributed by atoms with van der Waals surface area (Å²) < 4.78 is 12.8. The van der Waals surface area contributed by atoms with Gasteiger partial charge in [0.05, 0.1) is 17.3 Å². The minimum absolute atomic E-state index is 0.228. The maximum atomic E-state index is 12.8. The van der Waals surface area contributed by atoms with Crippen LogP contribution in [0.2, 0.25) is 5.15 Å². The fourth-order valence-corrected chi connectivity index (χ4v) is 2.16. The van der Waals surface area contributed by atoms with Crippen molar-refractivity contribution in [1.82, 2.24) is 9.97 Å². The van der Waals surface area contributed by atoms with Gasteiger partial charge in [0.2, 0.25) is 0 Å². The Morgan fingerprint density at radius 1 is 1.19 bits per heavy atom. The SMILES string of the molecule is O=C(Nc1ccc(F)cn1)c1cc(Cl)nc2ccccc12. The Bertz CT molecular complexity index is 821. The number of aromatic nitrogens is 2. The number of halogens is 2. The lowest BCUT2D eigenvalue weighted by atomic mass is 10.1. The van der Waals surface area contributed by atoms with E-state index in [1.807, 2.05) is 12.1 Å². The molecule has 0 aliphatic rings. The Balaban J connectivity index is 1.99. The van der Waals surface area contributed by atoms with Crippen molar-refractivity contribution in [2.24, 2.45) is 0 Å². The molecule has 1 amide bonds. The van der Waals surface area contributed by atoms with E-state index in [-0.39, 0.29) is 16.9 Å². The molecular weight excluding hydrogens is 293 g/mol. The molecule has 1 N–H and O–H groups in total. The van der Waals surface area contributed by atoms with E-state index in [0.29, 0.717) is 16.5 Å². The highest BCUT2D eigenvalue weighted by Crippen LogP contribution is 2.21. The van der Waals surface area contributed by atoms with E-state index < -0.39 is 5.82 Å². The van der Waals surface area contributed by atoms with E-state index in [2.05, 4.69) is 15.3 Å². The van der Waals surface area contributed by atoms with E-state index >= 15 is 0 Å². The number of anilines is 1. The second kappa shape index (κ2) is 5.46. The summed E-state index contributed by atoms with van der Waals surface area (Å²) in [6.45, 7) is 0. The van der Waals surface area contributed by atoms with Gasteiger partial charge in [0, 0.05) is 5.39 Å². The predicted molar refractivity (Wildman–Crippen MR) is 78.9 cm³/mol. The second-order valence-electron chi connectivity index (χ2n) is 4.33. The Labute approximate surface area is 124 Å². The van der Waals surface area contributed by atoms with Crippen molar-refractivity contribution in [3.8, 4) is 0 Å². The number of amides is 1. The topological polar surface area (TPSA) is 54.9 Å². The number of nitrogens with one attached hydrogen (secondary N) is 1. The number of nitrogens with zero attached hydrogens (tertiary/aromatic N) is 2. The van der Waals surface area contributed by atoms with Crippen molar-refractivity contribution >= 4 is 34.2 Å². The molecule has 21 heavy (non-hydrogen) atoms. The number of hydrogen-bond acceptors (Lipinski definition) is 3. The summed E-state index contributed by atoms with van der Waals surface area (Å²) in [5, 5.41) is 3.51. The van der Waals surface area contributed by atoms with Gasteiger partial charge in [-0.05, 0) is 24.3 Å². The van der Waals surface area contributed by atoms with Crippen molar-refractivity contribution < 1.29 is 9.18 Å². The maximum Gasteiger partial charge on any atom is 0.257 e. The van der Waals surface area contributed by atoms with Crippen molar-refractivity contribution in [3.63, 3.8) is 0 Å². The van der Waals surface area contributed by atoms with Crippen LogP contribution in [0.25, 0.3) is 10.9 Å². The summed E-state index contributed by atoms with van der Waals surface area (Å²) in [5.41, 5.74) is 1.01. The molecule has 3 aromatic rings. The van der Waals surface area contributed by atoms with Gasteiger partial charge in [-0.15, -0.1) is 0 Å². The third-order valence-electron chi connectivity index (χ3n) is 2.90. The molecule has 0 fully saturated rings. The molecule has 0 aliphatic carbocycles. The first-order chi connectivity index (χ1) is 10.1. The van der Waals surface area contributed by atoms with Gasteiger partial charge in [-0.2, -0.15) is 0 Å². The zero-order valence-electron chi connectivity index (χ0n) is 10.7. The van der Waals surface area contributed by atoms with Crippen LogP contribution < -0.4 is 5.32 Å². The molecule has 0 radical (unpaired) electrons. The van der Waals surface area contributed by atoms with Crippen molar-refractivity contribution in [1.29, 1.82) is 0 Å². The van der Waals surface area contributed by atoms with Crippen molar-refractivity contribution in [3.05, 3.63) is 65.2 Å². The van der Waals surface area contributed by atoms with Gasteiger partial charge in [-0.1, -0.05) is 29.8 Å². The van der Waals surface area contributed by atoms with Crippen LogP contribution in [-0.2, 0) is 0 Å². The summed E-state index contributed by atoms with van der Waals surface area (Å²) in [6.07, 6.45) is 1.03. The minimum Gasteiger partial charge on any atom is -0.307 e. The van der Waals surface area contributed by atoms with E-state index in [1.54, 1.807) is 12.1 Å². The smallest absolute Gasteiger partial charge is 0.257 e. The minimum atomic E-state index is -0.467. The molecule has 3 rings (SSSR count). The number of benzene rings is 1. The molecule has 104 valence electrons. The van der Waals surface area contributed by atoms with E-state index in [9.17, 15) is 9.18 Å². The van der Waals surface area contributed by atoms with E-state index in [1.165, 1.54) is 18.2 Å². The highest BCUT2D eigenvalue weighted by atomic mass is 35.5. The summed E-state index contributed by atoms with van der Waals surface area (Å²) in [5.74, 6) is -0.585. The van der Waals surface area contributed by atoms with E-state index in [4.69, 9.17) is 11.6 Å². The molecule has 0 unspecified atom stereocenters. The van der Waals surface area contributed by atoms with Gasteiger partial charge in [0.25, 0.3) is 5.91 Å². The normalized spacial score (nSPS) is 10.6. The average Bonchev–Trinajstić information content (AvgIpc) is 2.48. The first-order valence-corrected chi connectivity index (χ1v) is 6.49. The molecule has 2 heterocycles. The summed E-state index contributed by atoms with van der Waals surface area (Å²) in [4.78, 5) is 20.3. The van der Waals surface area contributed by atoms with Crippen LogP contribution >= 0.6 is 11.6 Å². The lowest BCUT2D eigenvalue weighted by molar-refractivity contribution is 0.102. The molecule has 2 aromatic heterocycles. The predicted octanol–water partition coefficient (Wildman–Crippen LogP) is 3.67. The Morgan fingerprint density at radius 2 is 2.00 bits per heavy atom. The molecule has 0 spiro atoms. The molecule has 0 saturated heterocycles. The van der Waals surface area contributed by atoms with Gasteiger partial charge >= 0.3 is 0 Å². The van der Waals surface area contributed by atoms with Crippen LogP contribution in [0.5, 0.6) is 0 Å². The Hall–Kier alpha value is -2.53. The van der Waals surface area contributed by atoms with Crippen LogP contribution in [0.15, 0.2) is 48.7 Å². The lowest BCUT2D eigenvalue weighted by Crippen LogP contribution is -2.13. The fraction of sp³-hybridized carbons (Fsp3) is 0. The number of pyridine rings is 2. The van der Waals surface area contributed by atoms with Crippen LogP contribution in [0.1, 0.15) is 10.4 Å². The van der Waals surface area contributed by atoms with Crippen LogP contribution in [-0.4, -0.2) is 15.9 Å². The van der Waals surface area contributed by atoms with Crippen LogP contribution in [0, 0.1) is 5.82 Å². The average molecular weight is 302 g/mol. The highest BCUT2D eigenvalue weighted by Gasteiger charge is 2.13. The maximum absolute atomic E-state index is 12.8. The standard InChI is InChI=1S/C15H9ClFN3O/c16-13-7-11(10-3-1-2-4-12(10)19-13)15(21)20-14-6-5-9(17)8-18-14/h1-8H,(H,18,20,21). The monoisotopic (exact) mass is 301 g/mol. The number of rotatable bonds is 2. The van der Waals surface area contributed by atoms with Crippen molar-refractivity contribution in [2.45, 2.75) is 0 Å². The van der Waals surface area contributed by atoms with E-state index in [0.717, 1.165) is 6.20 Å². The van der Waals surface area contributed by atoms with Gasteiger partial charge < -0.3 is 5.32 Å². The highest BCUT2D eigenvalue weighted by molar-refractivity contribution is 6.30. The quantitative estimate of drug-likeness (QED) is 0.735. The second-order valence-corrected chi connectivity index (χ2v) is 4.71. The number of para-hydroxylation sites is 1. The largest absolute Gasteiger partial charge is 0.307 e. The van der Waals surface area contributed by atoms with Gasteiger partial charge in [0.15, 0.2) is 0 Å². The molecule has 1 aromatic carbocycles. The zero-order chi connectivity index (χ0) is 14.8. The molecule has 0 atom stereocenters. The molecule has 0 bridgehead atoms. The fourth-order valence-electron chi connectivity index (χ4n) is 1.96. The number of carbonyl (C=O) groups is 1. The first-order valence-electron chi connectivity index (χ1n) is 6.12. The Kier molecular flexibility index (Phi) is 3.50. The first kappa shape index (κ1) is 13.5. The number of hydrogen-bond donors (Lipinski definition) is 1. The lowest BCUT2D eigenvalue weighted by Gasteiger charge is -2.07. The van der Waals surface area contributed by atoms with Crippen molar-refractivity contribution in [2.75, 3.05) is 5.32 Å². The summed E-state index contributed by atoms with van der Waals surface area (Å²) in [7, 11) is 0. The summed E-state index contributed by atoms with van der Waals surface area (Å²) >= 11 is 5.94.